The summed E-state index contributed by atoms with van der Waals surface area (Å²) in [4.78, 5) is 17.3. The van der Waals surface area contributed by atoms with Gasteiger partial charge in [0.15, 0.2) is 10.7 Å². The van der Waals surface area contributed by atoms with Crippen LogP contribution in [0.1, 0.15) is 46.0 Å². The molecule has 0 N–H and O–H groups in total. The van der Waals surface area contributed by atoms with Gasteiger partial charge >= 0.3 is 12.4 Å². The average molecular weight is 689 g/mol. The van der Waals surface area contributed by atoms with Crippen molar-refractivity contribution in [1.82, 2.24) is 28.9 Å². The lowest BCUT2D eigenvalue weighted by molar-refractivity contribution is -0.141. The van der Waals surface area contributed by atoms with Crippen LogP contribution in [0.5, 0.6) is 0 Å². The maximum atomic E-state index is 14.3. The van der Waals surface area contributed by atoms with Crippen molar-refractivity contribution in [2.24, 2.45) is 12.5 Å². The Bertz CT molecular complexity index is 1940. The van der Waals surface area contributed by atoms with Crippen molar-refractivity contribution in [2.75, 3.05) is 6.54 Å². The molecule has 2 atom stereocenters. The number of benzene rings is 1. The third kappa shape index (κ3) is 5.77. The molecule has 2 aliphatic rings. The molecule has 4 aromatic rings. The molecule has 18 heteroatoms. The second-order valence-electron chi connectivity index (χ2n) is 11.1. The van der Waals surface area contributed by atoms with Gasteiger partial charge in [-0.05, 0) is 61.6 Å². The predicted octanol–water partition coefficient (Wildman–Crippen LogP) is 5.83. The molecule has 1 aromatic carbocycles. The molecule has 3 aromatic heterocycles. The van der Waals surface area contributed by atoms with Crippen molar-refractivity contribution in [3.05, 3.63) is 81.6 Å². The van der Waals surface area contributed by atoms with E-state index in [9.17, 15) is 43.9 Å². The van der Waals surface area contributed by atoms with E-state index in [1.807, 2.05) is 0 Å². The van der Waals surface area contributed by atoms with Gasteiger partial charge in [-0.2, -0.15) is 40.8 Å². The Labute approximate surface area is 261 Å². The van der Waals surface area contributed by atoms with Gasteiger partial charge < -0.3 is 0 Å². The number of hydrogen-bond acceptors (Lipinski definition) is 7. The molecule has 0 aliphatic heterocycles. The minimum Gasteiger partial charge on any atom is -0.290 e. The summed E-state index contributed by atoms with van der Waals surface area (Å²) in [5.41, 5.74) is -1.24. The van der Waals surface area contributed by atoms with Gasteiger partial charge in [-0.1, -0.05) is 5.57 Å². The van der Waals surface area contributed by atoms with Crippen molar-refractivity contribution in [2.45, 2.75) is 49.0 Å². The molecule has 2 aliphatic carbocycles. The molecule has 0 bridgehead atoms. The van der Waals surface area contributed by atoms with Crippen LogP contribution in [0.3, 0.4) is 0 Å². The first kappa shape index (κ1) is 32.1. The minimum atomic E-state index is -4.96. The summed E-state index contributed by atoms with van der Waals surface area (Å²) in [5.74, 6) is -1.35. The minimum absolute atomic E-state index is 0.0567. The molecule has 0 saturated heterocycles. The van der Waals surface area contributed by atoms with E-state index in [0.717, 1.165) is 17.1 Å². The second kappa shape index (κ2) is 11.1. The summed E-state index contributed by atoms with van der Waals surface area (Å²) in [6.07, 6.45) is -5.67. The molecule has 9 nitrogen and oxygen atoms in total. The zero-order valence-corrected chi connectivity index (χ0v) is 25.3. The van der Waals surface area contributed by atoms with Gasteiger partial charge in [-0.15, -0.1) is 11.3 Å². The van der Waals surface area contributed by atoms with E-state index in [-0.39, 0.29) is 19.3 Å². The summed E-state index contributed by atoms with van der Waals surface area (Å²) >= 11 is 0.451. The summed E-state index contributed by atoms with van der Waals surface area (Å²) < 4.78 is 126. The fourth-order valence-corrected chi connectivity index (χ4v) is 8.57. The number of Topliss-reactive ketones (excluding diaryl/α,β-unsaturated/α-hetero) is 1. The van der Waals surface area contributed by atoms with Crippen LogP contribution in [-0.4, -0.2) is 61.8 Å². The number of hydrogen-bond donors (Lipinski definition) is 0. The van der Waals surface area contributed by atoms with Gasteiger partial charge in [0, 0.05) is 24.7 Å². The number of rotatable bonds is 7. The quantitative estimate of drug-likeness (QED) is 0.179. The second-order valence-corrected chi connectivity index (χ2v) is 13.9. The van der Waals surface area contributed by atoms with Crippen LogP contribution in [-0.2, 0) is 29.7 Å². The first-order valence-corrected chi connectivity index (χ1v) is 16.0. The van der Waals surface area contributed by atoms with Crippen molar-refractivity contribution in [3.63, 3.8) is 0 Å². The topological polar surface area (TPSA) is 103 Å². The number of sulfonamides is 1. The molecule has 0 radical (unpaired) electrons. The number of carbonyl (C=O) groups is 1. The number of thiazole rings is 1. The number of nitrogens with zero attached hydrogens (tertiary/aromatic N) is 6. The number of fused-ring (bicyclic) bond motifs is 2. The monoisotopic (exact) mass is 688 g/mol. The lowest BCUT2D eigenvalue weighted by Crippen LogP contribution is -2.52. The predicted molar refractivity (Wildman–Crippen MR) is 150 cm³/mol. The largest absolute Gasteiger partial charge is 0.434 e. The van der Waals surface area contributed by atoms with E-state index in [1.54, 1.807) is 6.08 Å². The smallest absolute Gasteiger partial charge is 0.290 e. The molecule has 1 fully saturated rings. The zero-order chi connectivity index (χ0) is 33.2. The Kier molecular flexibility index (Phi) is 7.75. The first-order chi connectivity index (χ1) is 21.5. The molecule has 0 spiro atoms. The summed E-state index contributed by atoms with van der Waals surface area (Å²) in [6, 6.07) is 4.01. The van der Waals surface area contributed by atoms with Gasteiger partial charge in [0.25, 0.3) is 0 Å². The molecule has 46 heavy (non-hydrogen) atoms. The zero-order valence-electron chi connectivity index (χ0n) is 23.7. The molecular weight excluding hydrogens is 665 g/mol. The number of ketones is 1. The maximum absolute atomic E-state index is 14.3. The lowest BCUT2D eigenvalue weighted by Gasteiger charge is -2.46. The maximum Gasteiger partial charge on any atom is 0.434 e. The van der Waals surface area contributed by atoms with E-state index in [2.05, 4.69) is 15.2 Å². The van der Waals surface area contributed by atoms with E-state index < -0.39 is 74.0 Å². The summed E-state index contributed by atoms with van der Waals surface area (Å²) in [5, 5.41) is 8.29. The van der Waals surface area contributed by atoms with E-state index in [1.165, 1.54) is 42.2 Å². The molecule has 0 amide bonds. The highest BCUT2D eigenvalue weighted by Crippen LogP contribution is 2.52. The third-order valence-corrected chi connectivity index (χ3v) is 10.9. The standard InChI is InChI=1S/C28H23F7N6O3S2/c1-39-13-21(12-36-39)46(43,44)40(15-27(30,31)32)20-5-2-17-8-22-16(11-37-41(22)19-6-3-18(29)4-7-19)9-26(17,10-20)24(42)25-38-23(14-45-25)28(33,34)35/h3-4,6-8,11-14,20H,2,5,9-10,15H2,1H3/t20-,26-/m0/s1. The third-order valence-electron chi connectivity index (χ3n) is 8.16. The van der Waals surface area contributed by atoms with Gasteiger partial charge in [0.1, 0.15) is 17.3 Å². The molecule has 6 rings (SSSR count). The van der Waals surface area contributed by atoms with Crippen LogP contribution in [0.25, 0.3) is 11.8 Å². The highest BCUT2D eigenvalue weighted by Gasteiger charge is 2.53. The van der Waals surface area contributed by atoms with E-state index in [4.69, 9.17) is 0 Å². The van der Waals surface area contributed by atoms with E-state index >= 15 is 0 Å². The molecule has 1 saturated carbocycles. The van der Waals surface area contributed by atoms with Crippen molar-refractivity contribution >= 4 is 33.2 Å². The molecule has 0 unspecified atom stereocenters. The molecule has 3 heterocycles. The average Bonchev–Trinajstić information content (AvgIpc) is 3.74. The van der Waals surface area contributed by atoms with Crippen LogP contribution in [0, 0.1) is 11.2 Å². The summed E-state index contributed by atoms with van der Waals surface area (Å²) in [6.45, 7) is -1.86. The number of allylic oxidation sites excluding steroid dienone is 1. The van der Waals surface area contributed by atoms with Crippen LogP contribution < -0.4 is 0 Å². The fraction of sp³-hybridized carbons (Fsp3) is 0.357. The number of halogens is 7. The number of aromatic nitrogens is 5. The van der Waals surface area contributed by atoms with Crippen LogP contribution in [0.2, 0.25) is 0 Å². The normalized spacial score (nSPS) is 20.4. The Morgan fingerprint density at radius 2 is 1.83 bits per heavy atom. The summed E-state index contributed by atoms with van der Waals surface area (Å²) in [7, 11) is -3.39. The number of alkyl halides is 6. The van der Waals surface area contributed by atoms with Gasteiger partial charge in [0.05, 0.1) is 29.2 Å². The Hall–Kier alpha value is -3.90. The number of carbonyl (C=O) groups excluding carboxylic acids is 1. The van der Waals surface area contributed by atoms with E-state index in [0.29, 0.717) is 43.5 Å². The van der Waals surface area contributed by atoms with Crippen molar-refractivity contribution < 1.29 is 43.9 Å². The Balaban J connectivity index is 1.46. The first-order valence-electron chi connectivity index (χ1n) is 13.7. The highest BCUT2D eigenvalue weighted by atomic mass is 32.2. The fourth-order valence-electron chi connectivity index (χ4n) is 6.08. The highest BCUT2D eigenvalue weighted by molar-refractivity contribution is 7.89. The van der Waals surface area contributed by atoms with Crippen LogP contribution >= 0.6 is 11.3 Å². The van der Waals surface area contributed by atoms with Gasteiger partial charge in [0.2, 0.25) is 15.8 Å². The van der Waals surface area contributed by atoms with Crippen molar-refractivity contribution in [3.8, 4) is 5.69 Å². The molecule has 244 valence electrons. The van der Waals surface area contributed by atoms with Crippen molar-refractivity contribution in [1.29, 1.82) is 0 Å². The Morgan fingerprint density at radius 3 is 2.43 bits per heavy atom. The molecular formula is C28H23F7N6O3S2. The lowest BCUT2D eigenvalue weighted by atomic mass is 9.61. The van der Waals surface area contributed by atoms with Crippen LogP contribution in [0.15, 0.2) is 58.7 Å². The Morgan fingerprint density at radius 1 is 1.11 bits per heavy atom. The SMILES string of the molecule is Cn1cc(S(=O)(=O)N(CC(F)(F)F)[C@H]2CCC3=Cc4c(cnn4-c4ccc(F)cc4)C[C@]3(C(=O)c3nc(C(F)(F)F)cs3)C2)cn1. The van der Waals surface area contributed by atoms with Crippen LogP contribution in [0.4, 0.5) is 30.7 Å². The van der Waals surface area contributed by atoms with Gasteiger partial charge in [-0.3, -0.25) is 9.48 Å². The number of aryl methyl sites for hydroxylation is 1. The van der Waals surface area contributed by atoms with Gasteiger partial charge in [-0.25, -0.2) is 22.5 Å².